The number of nitrogens with zero attached hydrogens (tertiary/aromatic N) is 9. The maximum Gasteiger partial charge on any atom is 0.326 e. The largest absolute Gasteiger partial charge is 0.493 e. The van der Waals surface area contributed by atoms with Gasteiger partial charge in [0.15, 0.2) is 17.3 Å². The van der Waals surface area contributed by atoms with Crippen LogP contribution in [0.25, 0.3) is 11.1 Å². The summed E-state index contributed by atoms with van der Waals surface area (Å²) in [6, 6.07) is 29.0. The normalized spacial score (nSPS) is 19.1. The molecule has 2 aromatic heterocycles. The van der Waals surface area contributed by atoms with E-state index in [1.807, 2.05) is 71.3 Å². The van der Waals surface area contributed by atoms with Crippen molar-refractivity contribution < 1.29 is 37.7 Å². The van der Waals surface area contributed by atoms with Crippen molar-refractivity contribution in [2.75, 3.05) is 85.1 Å². The van der Waals surface area contributed by atoms with Gasteiger partial charge in [-0.3, -0.25) is 29.1 Å². The number of urea groups is 1. The molecule has 0 saturated carbocycles. The number of aliphatic imine (C=N–C) groups is 1. The summed E-state index contributed by atoms with van der Waals surface area (Å²) in [5.41, 5.74) is 9.68. The third-order valence-corrected chi connectivity index (χ3v) is 16.6. The Morgan fingerprint density at radius 3 is 2.23 bits per heavy atom. The molecule has 84 heavy (non-hydrogen) atoms. The van der Waals surface area contributed by atoms with Gasteiger partial charge in [-0.2, -0.15) is 10.4 Å². The lowest BCUT2D eigenvalue weighted by atomic mass is 9.71. The first-order valence-electron chi connectivity index (χ1n) is 28.3. The van der Waals surface area contributed by atoms with Crippen LogP contribution in [-0.4, -0.2) is 137 Å². The molecule has 0 unspecified atom stereocenters. The summed E-state index contributed by atoms with van der Waals surface area (Å²) in [5.74, 6) is 0.261. The number of aromatic nitrogens is 3. The second-order valence-electron chi connectivity index (χ2n) is 22.5. The number of pyridine rings is 1. The van der Waals surface area contributed by atoms with E-state index in [-0.39, 0.29) is 79.4 Å². The molecule has 18 nitrogen and oxygen atoms in total. The molecule has 0 spiro atoms. The molecule has 0 aliphatic carbocycles. The summed E-state index contributed by atoms with van der Waals surface area (Å²) < 4.78 is 40.4. The first kappa shape index (κ1) is 61.0. The summed E-state index contributed by atoms with van der Waals surface area (Å²) in [4.78, 5) is 59.9. The van der Waals surface area contributed by atoms with E-state index in [9.17, 15) is 19.2 Å². The van der Waals surface area contributed by atoms with E-state index >= 15 is 4.79 Å². The van der Waals surface area contributed by atoms with E-state index in [1.165, 1.54) is 29.3 Å². The number of fused-ring (bicyclic) bond motifs is 5. The number of hydrogen-bond donors (Lipinski definition) is 2. The van der Waals surface area contributed by atoms with Crippen LogP contribution in [0.2, 0.25) is 10.0 Å². The Bertz CT molecular complexity index is 3470. The Balaban J connectivity index is 0.777. The highest BCUT2D eigenvalue weighted by Crippen LogP contribution is 2.54. The van der Waals surface area contributed by atoms with Gasteiger partial charge >= 0.3 is 6.03 Å². The molecule has 442 valence electrons. The molecule has 6 aromatic rings. The Labute approximate surface area is 500 Å². The van der Waals surface area contributed by atoms with Gasteiger partial charge in [0.25, 0.3) is 5.91 Å². The van der Waals surface area contributed by atoms with Crippen molar-refractivity contribution in [2.45, 2.75) is 90.6 Å². The maximum atomic E-state index is 15.5. The third kappa shape index (κ3) is 12.7. The molecule has 0 radical (unpaired) electrons. The molecule has 1 fully saturated rings. The van der Waals surface area contributed by atoms with Gasteiger partial charge in [-0.15, -0.1) is 0 Å². The molecule has 5 heterocycles. The van der Waals surface area contributed by atoms with E-state index < -0.39 is 28.9 Å². The summed E-state index contributed by atoms with van der Waals surface area (Å²) in [7, 11) is 1.61. The second-order valence-corrected chi connectivity index (χ2v) is 23.4. The number of ether oxygens (including phenoxy) is 4. The van der Waals surface area contributed by atoms with Crippen LogP contribution in [-0.2, 0) is 43.9 Å². The Hall–Kier alpha value is -7.60. The monoisotopic (exact) mass is 1180 g/mol. The third-order valence-electron chi connectivity index (χ3n) is 16.1. The minimum atomic E-state index is -1.05. The summed E-state index contributed by atoms with van der Waals surface area (Å²) in [6.07, 6.45) is 0.831. The van der Waals surface area contributed by atoms with Gasteiger partial charge in [-0.1, -0.05) is 74.3 Å². The zero-order chi connectivity index (χ0) is 60.1. The number of halogens is 3. The zero-order valence-electron chi connectivity index (χ0n) is 48.8. The van der Waals surface area contributed by atoms with Crippen LogP contribution in [0.5, 0.6) is 11.5 Å². The van der Waals surface area contributed by atoms with Gasteiger partial charge in [0.1, 0.15) is 40.7 Å². The fraction of sp³-hybridized carbons (Fsp3) is 0.413. The number of carbonyl (C=O) groups is 3. The van der Waals surface area contributed by atoms with Gasteiger partial charge in [0, 0.05) is 91.2 Å². The van der Waals surface area contributed by atoms with E-state index in [0.29, 0.717) is 96.6 Å². The van der Waals surface area contributed by atoms with Crippen LogP contribution < -0.4 is 20.5 Å². The number of nitrogens with two attached hydrogens (primary N) is 1. The molecule has 3 aliphatic rings. The number of amidine groups is 1. The molecule has 1 saturated heterocycles. The van der Waals surface area contributed by atoms with Crippen LogP contribution in [0.15, 0.2) is 102 Å². The molecular formula is C63H72Cl2FN11O7. The van der Waals surface area contributed by atoms with Crippen molar-refractivity contribution in [2.24, 2.45) is 4.99 Å². The Kier molecular flexibility index (Phi) is 18.7. The molecule has 4 aromatic carbocycles. The molecule has 3 atom stereocenters. The van der Waals surface area contributed by atoms with Crippen molar-refractivity contribution in [3.05, 3.63) is 158 Å². The predicted molar refractivity (Wildman–Crippen MR) is 321 cm³/mol. The first-order valence-corrected chi connectivity index (χ1v) is 29.0. The second kappa shape index (κ2) is 25.7. The van der Waals surface area contributed by atoms with Crippen molar-refractivity contribution in [1.29, 1.82) is 5.26 Å². The fourth-order valence-corrected chi connectivity index (χ4v) is 11.4. The molecule has 2 bridgehead atoms. The van der Waals surface area contributed by atoms with Crippen LogP contribution in [0.1, 0.15) is 111 Å². The number of piperazine rings is 1. The Morgan fingerprint density at radius 2 is 1.56 bits per heavy atom. The highest BCUT2D eigenvalue weighted by Gasteiger charge is 2.60. The minimum absolute atomic E-state index is 0.0234. The van der Waals surface area contributed by atoms with Crippen LogP contribution in [0, 0.1) is 17.1 Å². The number of amides is 4. The van der Waals surface area contributed by atoms with E-state index in [0.717, 1.165) is 22.3 Å². The van der Waals surface area contributed by atoms with Crippen LogP contribution in [0.4, 0.5) is 15.0 Å². The number of benzene rings is 4. The van der Waals surface area contributed by atoms with Gasteiger partial charge < -0.3 is 39.8 Å². The van der Waals surface area contributed by atoms with Crippen molar-refractivity contribution >= 4 is 52.7 Å². The van der Waals surface area contributed by atoms with E-state index in [2.05, 4.69) is 73.1 Å². The SMILES string of the molecule is CCOc1cc(C(C)(C)C)ccc1C1=N[C@](C)(c2ccc(Cl)cc2)[C@](C)(c2ccc(Cl)cc2)N1C(=O)N1CCN(CCOCCOCCC(=O)NCCn2nc(C#N)c3c2CN(C)C(=O)c2ccc(F)cc2[C@@H](C)Oc2cc-3cnc2N)CC1. The molecule has 9 rings (SSSR count). The summed E-state index contributed by atoms with van der Waals surface area (Å²) >= 11 is 13.0. The number of rotatable bonds is 17. The highest BCUT2D eigenvalue weighted by molar-refractivity contribution is 6.30. The van der Waals surface area contributed by atoms with Gasteiger partial charge in [0.05, 0.1) is 57.4 Å². The lowest BCUT2D eigenvalue weighted by molar-refractivity contribution is -0.122. The predicted octanol–water partition coefficient (Wildman–Crippen LogP) is 10.1. The summed E-state index contributed by atoms with van der Waals surface area (Å²) in [5, 5.41) is 18.9. The topological polar surface area (TPSA) is 206 Å². The van der Waals surface area contributed by atoms with Gasteiger partial charge in [0.2, 0.25) is 5.91 Å². The highest BCUT2D eigenvalue weighted by atomic mass is 35.5. The van der Waals surface area contributed by atoms with Crippen molar-refractivity contribution in [3.8, 4) is 28.7 Å². The number of nitrogens with one attached hydrogen (secondary N) is 1. The smallest absolute Gasteiger partial charge is 0.326 e. The van der Waals surface area contributed by atoms with Crippen molar-refractivity contribution in [1.82, 2.24) is 39.7 Å². The molecular weight excluding hydrogens is 1110 g/mol. The van der Waals surface area contributed by atoms with E-state index in [1.54, 1.807) is 24.7 Å². The fourth-order valence-electron chi connectivity index (χ4n) is 11.1. The van der Waals surface area contributed by atoms with Crippen LogP contribution in [0.3, 0.4) is 0 Å². The lowest BCUT2D eigenvalue weighted by Gasteiger charge is -2.47. The average molecular weight is 1190 g/mol. The first-order chi connectivity index (χ1) is 40.1. The van der Waals surface area contributed by atoms with Crippen LogP contribution >= 0.6 is 23.2 Å². The standard InChI is InChI=1S/C63H72Cl2FN11O7/c1-9-83-53-35-44(61(3,4)5)14-20-49(53)58-71-62(6,42-10-15-45(64)16-11-42)63(7,43-12-17-46(65)18-13-43)77(58)60(80)75-27-25-74(26-28-75)29-31-82-33-32-81-30-22-55(78)69-23-24-76-52-39-73(8)59(79)48-21-19-47(66)36-50(48)40(2)84-54-34-41(38-70-57(54)68)56(52)51(37-67)72-76/h10-21,34-36,38,40H,9,22-33,39H2,1-8H3,(H2,68,70)(H,69,78)/t40-,62-,63+/m1/s1. The number of nitrogen functional groups attached to an aromatic ring is 1. The van der Waals surface area contributed by atoms with E-state index in [4.69, 9.17) is 52.9 Å². The molecule has 3 aliphatic heterocycles. The Morgan fingerprint density at radius 1 is 0.893 bits per heavy atom. The zero-order valence-corrected chi connectivity index (χ0v) is 50.3. The van der Waals surface area contributed by atoms with Gasteiger partial charge in [-0.25, -0.2) is 14.2 Å². The number of anilines is 1. The average Bonchev–Trinajstić information content (AvgIpc) is 3.25. The lowest BCUT2D eigenvalue weighted by Crippen LogP contribution is -2.60. The molecule has 3 N–H and O–H groups in total. The minimum Gasteiger partial charge on any atom is -0.493 e. The van der Waals surface area contributed by atoms with Crippen molar-refractivity contribution in [3.63, 3.8) is 0 Å². The number of nitriles is 1. The summed E-state index contributed by atoms with van der Waals surface area (Å²) in [6.45, 7) is 19.1. The quantitative estimate of drug-likeness (QED) is 0.0819. The van der Waals surface area contributed by atoms with Gasteiger partial charge in [-0.05, 0) is 110 Å². The molecule has 21 heteroatoms. The number of hydrogen-bond acceptors (Lipinski definition) is 13. The number of carbonyl (C=O) groups excluding carboxylic acids is 3. The maximum absolute atomic E-state index is 15.5. The molecule has 4 amide bonds.